The van der Waals surface area contributed by atoms with Gasteiger partial charge in [0.1, 0.15) is 0 Å². The number of rotatable bonds is 3. The summed E-state index contributed by atoms with van der Waals surface area (Å²) in [7, 11) is 0. The van der Waals surface area contributed by atoms with Crippen LogP contribution in [0.3, 0.4) is 0 Å². The van der Waals surface area contributed by atoms with E-state index in [9.17, 15) is 0 Å². The molecule has 0 spiro atoms. The highest BCUT2D eigenvalue weighted by Gasteiger charge is 2.25. The van der Waals surface area contributed by atoms with Crippen LogP contribution in [0, 0.1) is 17.3 Å². The fraction of sp³-hybridized carbons (Fsp3) is 1.00. The highest BCUT2D eigenvalue weighted by atomic mass is 15.1. The van der Waals surface area contributed by atoms with Crippen molar-refractivity contribution in [1.29, 1.82) is 0 Å². The lowest BCUT2D eigenvalue weighted by molar-refractivity contribution is 0.218. The molecule has 1 nitrogen and oxygen atoms in total. The second-order valence-corrected chi connectivity index (χ2v) is 6.58. The van der Waals surface area contributed by atoms with Crippen LogP contribution in [-0.4, -0.2) is 24.5 Å². The Hall–Kier alpha value is -0.0400. The molecule has 1 heterocycles. The molecular formula is C13H27N. The lowest BCUT2D eigenvalue weighted by Crippen LogP contribution is -2.30. The Bertz CT molecular complexity index is 167. The zero-order valence-corrected chi connectivity index (χ0v) is 10.6. The largest absolute Gasteiger partial charge is 0.303 e. The lowest BCUT2D eigenvalue weighted by atomic mass is 9.95. The van der Waals surface area contributed by atoms with Gasteiger partial charge < -0.3 is 4.90 Å². The molecule has 1 aliphatic rings. The summed E-state index contributed by atoms with van der Waals surface area (Å²) in [5, 5.41) is 0. The number of hydrogen-bond donors (Lipinski definition) is 0. The van der Waals surface area contributed by atoms with Gasteiger partial charge in [0.25, 0.3) is 0 Å². The third-order valence-corrected chi connectivity index (χ3v) is 2.87. The van der Waals surface area contributed by atoms with Crippen LogP contribution < -0.4 is 0 Å². The van der Waals surface area contributed by atoms with E-state index in [0.717, 1.165) is 11.8 Å². The zero-order valence-electron chi connectivity index (χ0n) is 10.6. The van der Waals surface area contributed by atoms with Gasteiger partial charge in [-0.05, 0) is 36.6 Å². The minimum atomic E-state index is 0.465. The van der Waals surface area contributed by atoms with Gasteiger partial charge in [-0.2, -0.15) is 0 Å². The molecule has 0 N–H and O–H groups in total. The Morgan fingerprint density at radius 3 is 2.43 bits per heavy atom. The molecule has 1 atom stereocenters. The molecule has 0 aliphatic carbocycles. The Morgan fingerprint density at radius 1 is 1.29 bits per heavy atom. The van der Waals surface area contributed by atoms with Crippen molar-refractivity contribution in [3.05, 3.63) is 0 Å². The van der Waals surface area contributed by atoms with Gasteiger partial charge in [0.05, 0.1) is 0 Å². The summed E-state index contributed by atoms with van der Waals surface area (Å²) in [5.41, 5.74) is 0.465. The summed E-state index contributed by atoms with van der Waals surface area (Å²) >= 11 is 0. The summed E-state index contributed by atoms with van der Waals surface area (Å²) in [6, 6.07) is 0. The average molecular weight is 197 g/mol. The van der Waals surface area contributed by atoms with Gasteiger partial charge in [-0.15, -0.1) is 0 Å². The topological polar surface area (TPSA) is 3.24 Å². The summed E-state index contributed by atoms with van der Waals surface area (Å²) < 4.78 is 0. The van der Waals surface area contributed by atoms with Gasteiger partial charge in [0.2, 0.25) is 0 Å². The van der Waals surface area contributed by atoms with Crippen molar-refractivity contribution < 1.29 is 0 Å². The molecule has 1 saturated heterocycles. The first-order chi connectivity index (χ1) is 6.37. The molecule has 14 heavy (non-hydrogen) atoms. The lowest BCUT2D eigenvalue weighted by Gasteiger charge is -2.26. The molecule has 1 rings (SSSR count). The van der Waals surface area contributed by atoms with E-state index in [1.165, 1.54) is 32.5 Å². The van der Waals surface area contributed by atoms with Crippen LogP contribution in [0.5, 0.6) is 0 Å². The van der Waals surface area contributed by atoms with Crippen molar-refractivity contribution >= 4 is 0 Å². The van der Waals surface area contributed by atoms with E-state index >= 15 is 0 Å². The molecule has 1 unspecified atom stereocenters. The van der Waals surface area contributed by atoms with Crippen LogP contribution in [0.25, 0.3) is 0 Å². The molecular weight excluding hydrogens is 170 g/mol. The third-order valence-electron chi connectivity index (χ3n) is 2.87. The normalized spacial score (nSPS) is 24.9. The maximum atomic E-state index is 2.65. The van der Waals surface area contributed by atoms with Gasteiger partial charge in [-0.25, -0.2) is 0 Å². The van der Waals surface area contributed by atoms with Crippen molar-refractivity contribution in [3.8, 4) is 0 Å². The smallest absolute Gasteiger partial charge is 0.00302 e. The molecule has 84 valence electrons. The maximum Gasteiger partial charge on any atom is 0.00302 e. The molecule has 0 amide bonds. The molecule has 0 radical (unpaired) electrons. The fourth-order valence-electron chi connectivity index (χ4n) is 2.59. The molecule has 1 aliphatic heterocycles. The summed E-state index contributed by atoms with van der Waals surface area (Å²) in [6.07, 6.45) is 2.84. The van der Waals surface area contributed by atoms with E-state index in [1.807, 2.05) is 0 Å². The second-order valence-electron chi connectivity index (χ2n) is 6.58. The number of nitrogens with zero attached hydrogens (tertiary/aromatic N) is 1. The fourth-order valence-corrected chi connectivity index (χ4v) is 2.59. The SMILES string of the molecule is CC(C)CC1CCN(CC(C)(C)C)C1. The Morgan fingerprint density at radius 2 is 1.93 bits per heavy atom. The van der Waals surface area contributed by atoms with Gasteiger partial charge in [-0.1, -0.05) is 34.6 Å². The van der Waals surface area contributed by atoms with Crippen LogP contribution in [0.2, 0.25) is 0 Å². The van der Waals surface area contributed by atoms with E-state index in [0.29, 0.717) is 5.41 Å². The zero-order chi connectivity index (χ0) is 10.8. The Labute approximate surface area is 89.9 Å². The van der Waals surface area contributed by atoms with E-state index < -0.39 is 0 Å². The molecule has 0 bridgehead atoms. The number of hydrogen-bond acceptors (Lipinski definition) is 1. The predicted molar refractivity (Wildman–Crippen MR) is 63.5 cm³/mol. The van der Waals surface area contributed by atoms with Gasteiger partial charge in [-0.3, -0.25) is 0 Å². The minimum absolute atomic E-state index is 0.465. The van der Waals surface area contributed by atoms with Crippen LogP contribution >= 0.6 is 0 Å². The average Bonchev–Trinajstić information content (AvgIpc) is 2.30. The molecule has 1 fully saturated rings. The molecule has 0 aromatic heterocycles. The minimum Gasteiger partial charge on any atom is -0.303 e. The quantitative estimate of drug-likeness (QED) is 0.670. The summed E-state index contributed by atoms with van der Waals surface area (Å²) in [6.45, 7) is 15.6. The molecule has 1 heteroatoms. The highest BCUT2D eigenvalue weighted by Crippen LogP contribution is 2.26. The van der Waals surface area contributed by atoms with Crippen LogP contribution in [0.1, 0.15) is 47.5 Å². The Kier molecular flexibility index (Phi) is 4.00. The van der Waals surface area contributed by atoms with Crippen molar-refractivity contribution in [3.63, 3.8) is 0 Å². The standard InChI is InChI=1S/C13H27N/c1-11(2)8-12-6-7-14(9-12)10-13(3,4)5/h11-12H,6-10H2,1-5H3. The highest BCUT2D eigenvalue weighted by molar-refractivity contribution is 4.79. The molecule has 0 aromatic rings. The summed E-state index contributed by atoms with van der Waals surface area (Å²) in [5.74, 6) is 1.84. The predicted octanol–water partition coefficient (Wildman–Crippen LogP) is 3.40. The first-order valence-corrected chi connectivity index (χ1v) is 6.09. The van der Waals surface area contributed by atoms with Gasteiger partial charge >= 0.3 is 0 Å². The molecule has 0 aromatic carbocycles. The van der Waals surface area contributed by atoms with E-state index in [2.05, 4.69) is 39.5 Å². The van der Waals surface area contributed by atoms with Gasteiger partial charge in [0, 0.05) is 13.1 Å². The van der Waals surface area contributed by atoms with Crippen molar-refractivity contribution in [1.82, 2.24) is 4.90 Å². The Balaban J connectivity index is 2.27. The third kappa shape index (κ3) is 4.45. The van der Waals surface area contributed by atoms with E-state index in [-0.39, 0.29) is 0 Å². The van der Waals surface area contributed by atoms with Crippen molar-refractivity contribution in [2.45, 2.75) is 47.5 Å². The van der Waals surface area contributed by atoms with Gasteiger partial charge in [0.15, 0.2) is 0 Å². The van der Waals surface area contributed by atoms with Crippen molar-refractivity contribution in [2.75, 3.05) is 19.6 Å². The van der Waals surface area contributed by atoms with Crippen LogP contribution in [0.15, 0.2) is 0 Å². The van der Waals surface area contributed by atoms with E-state index in [4.69, 9.17) is 0 Å². The first kappa shape index (κ1) is 12.0. The first-order valence-electron chi connectivity index (χ1n) is 6.09. The van der Waals surface area contributed by atoms with E-state index in [1.54, 1.807) is 0 Å². The molecule has 0 saturated carbocycles. The van der Waals surface area contributed by atoms with Crippen LogP contribution in [0.4, 0.5) is 0 Å². The monoisotopic (exact) mass is 197 g/mol. The summed E-state index contributed by atoms with van der Waals surface area (Å²) in [4.78, 5) is 2.65. The van der Waals surface area contributed by atoms with Crippen LogP contribution in [-0.2, 0) is 0 Å². The maximum absolute atomic E-state index is 2.65. The second kappa shape index (κ2) is 4.65. The number of likely N-dealkylation sites (tertiary alicyclic amines) is 1. The van der Waals surface area contributed by atoms with Crippen molar-refractivity contribution in [2.24, 2.45) is 17.3 Å².